The van der Waals surface area contributed by atoms with Crippen molar-refractivity contribution in [3.05, 3.63) is 35.6 Å². The predicted octanol–water partition coefficient (Wildman–Crippen LogP) is 1.60. The fourth-order valence-corrected chi connectivity index (χ4v) is 1.29. The molecule has 1 aliphatic heterocycles. The zero-order valence-electron chi connectivity index (χ0n) is 8.74. The number of nitrogens with zero attached hydrogens (tertiary/aromatic N) is 2. The van der Waals surface area contributed by atoms with Crippen LogP contribution in [0.4, 0.5) is 8.78 Å². The summed E-state index contributed by atoms with van der Waals surface area (Å²) in [5.41, 5.74) is 0.0949. The van der Waals surface area contributed by atoms with Crippen LogP contribution in [-0.4, -0.2) is 24.3 Å². The number of rotatable bonds is 0. The maximum absolute atomic E-state index is 12.4. The summed E-state index contributed by atoms with van der Waals surface area (Å²) in [6.07, 6.45) is -0.0683. The third-order valence-electron chi connectivity index (χ3n) is 2.16. The highest BCUT2D eigenvalue weighted by Crippen LogP contribution is 2.06. The smallest absolute Gasteiger partial charge is 0.140 e. The predicted molar refractivity (Wildman–Crippen MR) is 56.4 cm³/mol. The molecular formula is C11H13F2N3. The van der Waals surface area contributed by atoms with Crippen LogP contribution in [0.25, 0.3) is 0 Å². The standard InChI is InChI=1S/C7H4FN.C4H9FN2/c8-7-4-2-1-3-6(7)5-9;5-4-1-2-7(6)3-4/h1-4H;4H,1-3,6H2. The Kier molecular flexibility index (Phi) is 4.83. The van der Waals surface area contributed by atoms with Crippen molar-refractivity contribution in [3.63, 3.8) is 0 Å². The molecule has 0 saturated carbocycles. The molecule has 0 aromatic heterocycles. The van der Waals surface area contributed by atoms with Gasteiger partial charge in [0.05, 0.1) is 5.56 Å². The topological polar surface area (TPSA) is 53.1 Å². The summed E-state index contributed by atoms with van der Waals surface area (Å²) in [4.78, 5) is 0. The van der Waals surface area contributed by atoms with E-state index in [0.29, 0.717) is 19.5 Å². The Labute approximate surface area is 93.0 Å². The molecule has 86 valence electrons. The number of nitrogens with two attached hydrogens (primary N) is 1. The lowest BCUT2D eigenvalue weighted by Crippen LogP contribution is -2.28. The molecule has 1 saturated heterocycles. The molecule has 0 amide bonds. The third-order valence-corrected chi connectivity index (χ3v) is 2.16. The summed E-state index contributed by atoms with van der Waals surface area (Å²) < 4.78 is 24.4. The Hall–Kier alpha value is -1.51. The molecule has 2 N–H and O–H groups in total. The molecule has 1 aromatic carbocycles. The highest BCUT2D eigenvalue weighted by molar-refractivity contribution is 5.29. The summed E-state index contributed by atoms with van der Waals surface area (Å²) >= 11 is 0. The van der Waals surface area contributed by atoms with E-state index in [1.54, 1.807) is 18.2 Å². The van der Waals surface area contributed by atoms with Crippen LogP contribution in [0.3, 0.4) is 0 Å². The van der Waals surface area contributed by atoms with Gasteiger partial charge in [0, 0.05) is 13.1 Å². The number of hydrogen-bond donors (Lipinski definition) is 1. The monoisotopic (exact) mass is 225 g/mol. The van der Waals surface area contributed by atoms with Crippen molar-refractivity contribution in [2.45, 2.75) is 12.6 Å². The molecule has 16 heavy (non-hydrogen) atoms. The molecule has 1 fully saturated rings. The molecule has 5 heteroatoms. The van der Waals surface area contributed by atoms with E-state index in [1.165, 1.54) is 17.1 Å². The minimum atomic E-state index is -0.676. The van der Waals surface area contributed by atoms with Crippen molar-refractivity contribution >= 4 is 0 Å². The van der Waals surface area contributed by atoms with Crippen molar-refractivity contribution in [2.24, 2.45) is 5.84 Å². The Morgan fingerprint density at radius 3 is 2.44 bits per heavy atom. The first kappa shape index (κ1) is 12.6. The van der Waals surface area contributed by atoms with Crippen LogP contribution in [-0.2, 0) is 0 Å². The summed E-state index contributed by atoms with van der Waals surface area (Å²) in [6, 6.07) is 7.60. The van der Waals surface area contributed by atoms with Gasteiger partial charge in [-0.1, -0.05) is 12.1 Å². The SMILES string of the molecule is N#Cc1ccccc1F.NN1CCC(F)C1. The molecule has 1 atom stereocenters. The normalized spacial score (nSPS) is 19.8. The highest BCUT2D eigenvalue weighted by Gasteiger charge is 2.17. The number of halogens is 2. The zero-order valence-corrected chi connectivity index (χ0v) is 8.74. The minimum Gasteiger partial charge on any atom is -0.269 e. The Morgan fingerprint density at radius 2 is 2.12 bits per heavy atom. The van der Waals surface area contributed by atoms with Gasteiger partial charge < -0.3 is 0 Å². The van der Waals surface area contributed by atoms with Gasteiger partial charge in [-0.05, 0) is 18.6 Å². The number of nitriles is 1. The van der Waals surface area contributed by atoms with Gasteiger partial charge >= 0.3 is 0 Å². The Morgan fingerprint density at radius 1 is 1.44 bits per heavy atom. The van der Waals surface area contributed by atoms with Crippen molar-refractivity contribution < 1.29 is 8.78 Å². The average Bonchev–Trinajstić information content (AvgIpc) is 2.64. The maximum Gasteiger partial charge on any atom is 0.140 e. The fraction of sp³-hybridized carbons (Fsp3) is 0.364. The van der Waals surface area contributed by atoms with E-state index in [2.05, 4.69) is 0 Å². The van der Waals surface area contributed by atoms with Gasteiger partial charge in [-0.25, -0.2) is 13.8 Å². The largest absolute Gasteiger partial charge is 0.269 e. The van der Waals surface area contributed by atoms with E-state index in [1.807, 2.05) is 0 Å². The van der Waals surface area contributed by atoms with Gasteiger partial charge in [-0.3, -0.25) is 5.84 Å². The number of alkyl halides is 1. The second-order valence-electron chi connectivity index (χ2n) is 3.47. The van der Waals surface area contributed by atoms with Crippen LogP contribution in [0.2, 0.25) is 0 Å². The summed E-state index contributed by atoms with van der Waals surface area (Å²) in [5, 5.41) is 9.73. The number of hydrogen-bond acceptors (Lipinski definition) is 3. The average molecular weight is 225 g/mol. The van der Waals surface area contributed by atoms with Crippen LogP contribution in [0, 0.1) is 17.1 Å². The highest BCUT2D eigenvalue weighted by atomic mass is 19.1. The molecule has 0 radical (unpaired) electrons. The number of benzene rings is 1. The van der Waals surface area contributed by atoms with Gasteiger partial charge in [0.1, 0.15) is 18.1 Å². The lowest BCUT2D eigenvalue weighted by Gasteiger charge is -2.01. The minimum absolute atomic E-state index is 0.0949. The van der Waals surface area contributed by atoms with E-state index < -0.39 is 12.0 Å². The van der Waals surface area contributed by atoms with Crippen molar-refractivity contribution in [1.82, 2.24) is 5.01 Å². The summed E-state index contributed by atoms with van der Waals surface area (Å²) in [6.45, 7) is 1.13. The Balaban J connectivity index is 0.000000165. The molecule has 0 spiro atoms. The quantitative estimate of drug-likeness (QED) is 0.682. The third kappa shape index (κ3) is 3.93. The maximum atomic E-state index is 12.4. The summed E-state index contributed by atoms with van der Waals surface area (Å²) in [7, 11) is 0. The van der Waals surface area contributed by atoms with E-state index in [4.69, 9.17) is 11.1 Å². The molecular weight excluding hydrogens is 212 g/mol. The first-order valence-electron chi connectivity index (χ1n) is 4.92. The van der Waals surface area contributed by atoms with Crippen LogP contribution in [0.1, 0.15) is 12.0 Å². The Bertz CT molecular complexity index is 368. The van der Waals surface area contributed by atoms with E-state index in [9.17, 15) is 8.78 Å². The van der Waals surface area contributed by atoms with Gasteiger partial charge in [0.15, 0.2) is 0 Å². The lowest BCUT2D eigenvalue weighted by atomic mass is 10.2. The van der Waals surface area contributed by atoms with Crippen LogP contribution in [0.15, 0.2) is 24.3 Å². The van der Waals surface area contributed by atoms with Crippen molar-refractivity contribution in [3.8, 4) is 6.07 Å². The van der Waals surface area contributed by atoms with E-state index in [-0.39, 0.29) is 5.56 Å². The molecule has 1 unspecified atom stereocenters. The molecule has 1 aliphatic rings. The molecule has 3 nitrogen and oxygen atoms in total. The van der Waals surface area contributed by atoms with Crippen LogP contribution >= 0.6 is 0 Å². The van der Waals surface area contributed by atoms with E-state index in [0.717, 1.165) is 0 Å². The van der Waals surface area contributed by atoms with Gasteiger partial charge in [-0.15, -0.1) is 0 Å². The van der Waals surface area contributed by atoms with E-state index >= 15 is 0 Å². The second-order valence-corrected chi connectivity index (χ2v) is 3.47. The fourth-order valence-electron chi connectivity index (χ4n) is 1.29. The first-order valence-corrected chi connectivity index (χ1v) is 4.92. The molecule has 2 rings (SSSR count). The second kappa shape index (κ2) is 6.16. The lowest BCUT2D eigenvalue weighted by molar-refractivity contribution is 0.295. The molecule has 1 aromatic rings. The molecule has 0 bridgehead atoms. The van der Waals surface area contributed by atoms with Crippen molar-refractivity contribution in [1.29, 1.82) is 5.26 Å². The zero-order chi connectivity index (χ0) is 12.0. The van der Waals surface area contributed by atoms with Gasteiger partial charge in [0.2, 0.25) is 0 Å². The van der Waals surface area contributed by atoms with Crippen molar-refractivity contribution in [2.75, 3.05) is 13.1 Å². The van der Waals surface area contributed by atoms with Crippen LogP contribution in [0.5, 0.6) is 0 Å². The number of hydrazine groups is 1. The first-order chi connectivity index (χ1) is 7.63. The molecule has 1 heterocycles. The van der Waals surface area contributed by atoms with Gasteiger partial charge in [0.25, 0.3) is 0 Å². The molecule has 0 aliphatic carbocycles. The van der Waals surface area contributed by atoms with Gasteiger partial charge in [-0.2, -0.15) is 5.26 Å². The van der Waals surface area contributed by atoms with Crippen LogP contribution < -0.4 is 5.84 Å². The summed E-state index contributed by atoms with van der Waals surface area (Å²) in [5.74, 6) is 4.76.